The maximum atomic E-state index is 11.1. The molecule has 0 saturated carbocycles. The highest BCUT2D eigenvalue weighted by molar-refractivity contribution is 5.89. The number of aryl methyl sites for hydroxylation is 2. The number of aromatic carboxylic acids is 1. The van der Waals surface area contributed by atoms with Crippen molar-refractivity contribution in [2.45, 2.75) is 26.3 Å². The van der Waals surface area contributed by atoms with Gasteiger partial charge in [0.2, 0.25) is 0 Å². The first-order valence-electron chi connectivity index (χ1n) is 6.17. The zero-order valence-electron chi connectivity index (χ0n) is 10.5. The molecule has 0 amide bonds. The van der Waals surface area contributed by atoms with Crippen molar-refractivity contribution >= 4 is 5.97 Å². The van der Waals surface area contributed by atoms with Gasteiger partial charge in [0, 0.05) is 18.4 Å². The predicted octanol–water partition coefficient (Wildman–Crippen LogP) is 2.99. The van der Waals surface area contributed by atoms with Crippen LogP contribution in [0.2, 0.25) is 0 Å². The summed E-state index contributed by atoms with van der Waals surface area (Å²) in [7, 11) is 0. The highest BCUT2D eigenvalue weighted by atomic mass is 16.4. The van der Waals surface area contributed by atoms with Gasteiger partial charge in [-0.05, 0) is 24.5 Å². The monoisotopic (exact) mass is 243 g/mol. The van der Waals surface area contributed by atoms with Crippen LogP contribution in [-0.2, 0) is 19.4 Å². The standard InChI is InChI=1S/C15H17NO2/c1-2-14-13(15(17)18)9-11-16(14)10-8-12-6-4-3-5-7-12/h3-7,9,11H,2,8,10H2,1H3,(H,17,18). The maximum Gasteiger partial charge on any atom is 0.337 e. The van der Waals surface area contributed by atoms with Crippen LogP contribution in [0.25, 0.3) is 0 Å². The Bertz CT molecular complexity index is 529. The van der Waals surface area contributed by atoms with Crippen LogP contribution in [0.15, 0.2) is 42.6 Å². The molecule has 0 fully saturated rings. The SMILES string of the molecule is CCc1c(C(=O)O)ccn1CCc1ccccc1. The van der Waals surface area contributed by atoms with Gasteiger partial charge in [-0.25, -0.2) is 4.79 Å². The number of carboxylic acid groups (broad SMARTS) is 1. The van der Waals surface area contributed by atoms with Crippen LogP contribution in [0.5, 0.6) is 0 Å². The van der Waals surface area contributed by atoms with Gasteiger partial charge in [-0.15, -0.1) is 0 Å². The molecular formula is C15H17NO2. The average Bonchev–Trinajstić information content (AvgIpc) is 2.80. The summed E-state index contributed by atoms with van der Waals surface area (Å²) in [6, 6.07) is 11.9. The molecule has 0 bridgehead atoms. The second-order valence-electron chi connectivity index (χ2n) is 4.26. The summed E-state index contributed by atoms with van der Waals surface area (Å²) < 4.78 is 2.04. The molecule has 0 unspecified atom stereocenters. The van der Waals surface area contributed by atoms with E-state index >= 15 is 0 Å². The summed E-state index contributed by atoms with van der Waals surface area (Å²) in [4.78, 5) is 11.1. The molecule has 0 saturated heterocycles. The molecular weight excluding hydrogens is 226 g/mol. The Balaban J connectivity index is 2.12. The van der Waals surface area contributed by atoms with Crippen molar-refractivity contribution < 1.29 is 9.90 Å². The van der Waals surface area contributed by atoms with E-state index in [0.717, 1.165) is 25.1 Å². The molecule has 0 aliphatic carbocycles. The molecule has 1 heterocycles. The van der Waals surface area contributed by atoms with Gasteiger partial charge in [-0.3, -0.25) is 0 Å². The summed E-state index contributed by atoms with van der Waals surface area (Å²) in [5.74, 6) is -0.842. The highest BCUT2D eigenvalue weighted by Gasteiger charge is 2.12. The zero-order valence-corrected chi connectivity index (χ0v) is 10.5. The van der Waals surface area contributed by atoms with Crippen molar-refractivity contribution in [2.75, 3.05) is 0 Å². The number of carbonyl (C=O) groups is 1. The molecule has 0 atom stereocenters. The lowest BCUT2D eigenvalue weighted by molar-refractivity contribution is 0.0695. The first-order chi connectivity index (χ1) is 8.72. The van der Waals surface area contributed by atoms with Crippen molar-refractivity contribution in [3.05, 3.63) is 59.4 Å². The van der Waals surface area contributed by atoms with Crippen LogP contribution < -0.4 is 0 Å². The number of nitrogens with zero attached hydrogens (tertiary/aromatic N) is 1. The van der Waals surface area contributed by atoms with Gasteiger partial charge in [-0.2, -0.15) is 0 Å². The lowest BCUT2D eigenvalue weighted by atomic mass is 10.1. The van der Waals surface area contributed by atoms with E-state index in [1.807, 2.05) is 35.9 Å². The number of benzene rings is 1. The van der Waals surface area contributed by atoms with Gasteiger partial charge in [0.1, 0.15) is 0 Å². The van der Waals surface area contributed by atoms with Crippen LogP contribution in [-0.4, -0.2) is 15.6 Å². The number of hydrogen-bond donors (Lipinski definition) is 1. The molecule has 0 spiro atoms. The van der Waals surface area contributed by atoms with Crippen molar-refractivity contribution in [3.8, 4) is 0 Å². The van der Waals surface area contributed by atoms with Crippen LogP contribution in [0.1, 0.15) is 28.5 Å². The summed E-state index contributed by atoms with van der Waals surface area (Å²) in [5.41, 5.74) is 2.59. The van der Waals surface area contributed by atoms with Gasteiger partial charge < -0.3 is 9.67 Å². The van der Waals surface area contributed by atoms with Crippen molar-refractivity contribution in [2.24, 2.45) is 0 Å². The molecule has 2 rings (SSSR count). The molecule has 18 heavy (non-hydrogen) atoms. The fourth-order valence-electron chi connectivity index (χ4n) is 2.20. The second-order valence-corrected chi connectivity index (χ2v) is 4.26. The number of rotatable bonds is 5. The Kier molecular flexibility index (Phi) is 3.82. The third-order valence-corrected chi connectivity index (χ3v) is 3.13. The topological polar surface area (TPSA) is 42.2 Å². The van der Waals surface area contributed by atoms with Crippen LogP contribution in [0.4, 0.5) is 0 Å². The molecule has 0 radical (unpaired) electrons. The van der Waals surface area contributed by atoms with Crippen molar-refractivity contribution in [1.29, 1.82) is 0 Å². The van der Waals surface area contributed by atoms with Crippen molar-refractivity contribution in [1.82, 2.24) is 4.57 Å². The Morgan fingerprint density at radius 3 is 2.56 bits per heavy atom. The summed E-state index contributed by atoms with van der Waals surface area (Å²) in [5, 5.41) is 9.08. The van der Waals surface area contributed by atoms with Gasteiger partial charge >= 0.3 is 5.97 Å². The van der Waals surface area contributed by atoms with Gasteiger partial charge in [0.05, 0.1) is 5.56 Å². The first-order valence-corrected chi connectivity index (χ1v) is 6.17. The normalized spacial score (nSPS) is 10.5. The molecule has 3 nitrogen and oxygen atoms in total. The fourth-order valence-corrected chi connectivity index (χ4v) is 2.20. The minimum atomic E-state index is -0.842. The van der Waals surface area contributed by atoms with Gasteiger partial charge in [0.25, 0.3) is 0 Å². The third-order valence-electron chi connectivity index (χ3n) is 3.13. The number of carboxylic acids is 1. The second kappa shape index (κ2) is 5.54. The summed E-state index contributed by atoms with van der Waals surface area (Å²) in [6.45, 7) is 2.81. The van der Waals surface area contributed by atoms with Gasteiger partial charge in [-0.1, -0.05) is 37.3 Å². The third kappa shape index (κ3) is 2.62. The molecule has 94 valence electrons. The Labute approximate surface area is 107 Å². The average molecular weight is 243 g/mol. The summed E-state index contributed by atoms with van der Waals surface area (Å²) >= 11 is 0. The van der Waals surface area contributed by atoms with Gasteiger partial charge in [0.15, 0.2) is 0 Å². The van der Waals surface area contributed by atoms with E-state index in [2.05, 4.69) is 12.1 Å². The molecule has 0 aliphatic rings. The molecule has 1 aromatic carbocycles. The van der Waals surface area contributed by atoms with E-state index in [1.165, 1.54) is 5.56 Å². The van der Waals surface area contributed by atoms with E-state index in [-0.39, 0.29) is 0 Å². The largest absolute Gasteiger partial charge is 0.478 e. The summed E-state index contributed by atoms with van der Waals surface area (Å²) in [6.07, 6.45) is 3.52. The fraction of sp³-hybridized carbons (Fsp3) is 0.267. The molecule has 1 N–H and O–H groups in total. The lowest BCUT2D eigenvalue weighted by Crippen LogP contribution is -2.07. The lowest BCUT2D eigenvalue weighted by Gasteiger charge is -2.08. The quantitative estimate of drug-likeness (QED) is 0.877. The Hall–Kier alpha value is -2.03. The Morgan fingerprint density at radius 1 is 1.22 bits per heavy atom. The molecule has 1 aromatic heterocycles. The first kappa shape index (κ1) is 12.4. The van der Waals surface area contributed by atoms with E-state index in [1.54, 1.807) is 6.07 Å². The maximum absolute atomic E-state index is 11.1. The van der Waals surface area contributed by atoms with Crippen LogP contribution in [0.3, 0.4) is 0 Å². The van der Waals surface area contributed by atoms with E-state index < -0.39 is 5.97 Å². The highest BCUT2D eigenvalue weighted by Crippen LogP contribution is 2.13. The molecule has 3 heteroatoms. The molecule has 0 aliphatic heterocycles. The smallest absolute Gasteiger partial charge is 0.337 e. The molecule has 2 aromatic rings. The van der Waals surface area contributed by atoms with Crippen molar-refractivity contribution in [3.63, 3.8) is 0 Å². The van der Waals surface area contributed by atoms with Crippen LogP contribution >= 0.6 is 0 Å². The minimum Gasteiger partial charge on any atom is -0.478 e. The van der Waals surface area contributed by atoms with E-state index in [9.17, 15) is 4.79 Å². The predicted molar refractivity (Wildman–Crippen MR) is 70.9 cm³/mol. The Morgan fingerprint density at radius 2 is 1.94 bits per heavy atom. The van der Waals surface area contributed by atoms with Crippen LogP contribution in [0, 0.1) is 0 Å². The number of hydrogen-bond acceptors (Lipinski definition) is 1. The van der Waals surface area contributed by atoms with E-state index in [4.69, 9.17) is 5.11 Å². The minimum absolute atomic E-state index is 0.422. The zero-order chi connectivity index (χ0) is 13.0. The van der Waals surface area contributed by atoms with E-state index in [0.29, 0.717) is 5.56 Å². The number of aromatic nitrogens is 1.